The first kappa shape index (κ1) is 11.5. The number of rotatable bonds is 1. The number of hydrogen-bond donors (Lipinski definition) is 1. The molecule has 16 heavy (non-hydrogen) atoms. The first-order valence-electron chi connectivity index (χ1n) is 5.50. The molecule has 0 bridgehead atoms. The molecule has 0 unspecified atom stereocenters. The van der Waals surface area contributed by atoms with Crippen molar-refractivity contribution in [3.05, 3.63) is 17.5 Å². The van der Waals surface area contributed by atoms with Crippen molar-refractivity contribution in [1.29, 1.82) is 0 Å². The van der Waals surface area contributed by atoms with Gasteiger partial charge in [-0.2, -0.15) is 5.10 Å². The monoisotopic (exact) mass is 229 g/mol. The lowest BCUT2D eigenvalue weighted by Crippen LogP contribution is -2.44. The molecule has 3 nitrogen and oxygen atoms in total. The van der Waals surface area contributed by atoms with Crippen LogP contribution in [-0.4, -0.2) is 15.7 Å². The molecule has 0 radical (unpaired) electrons. The molecule has 0 aromatic carbocycles. The molecule has 2 N–H and O–H groups in total. The summed E-state index contributed by atoms with van der Waals surface area (Å²) in [5.41, 5.74) is 7.28. The van der Waals surface area contributed by atoms with Gasteiger partial charge in [-0.05, 0) is 25.3 Å². The summed E-state index contributed by atoms with van der Waals surface area (Å²) >= 11 is 0. The van der Waals surface area contributed by atoms with Crippen LogP contribution in [0.5, 0.6) is 0 Å². The fraction of sp³-hybridized carbons (Fsp3) is 0.727. The van der Waals surface area contributed by atoms with E-state index in [0.29, 0.717) is 12.8 Å². The van der Waals surface area contributed by atoms with Crippen LogP contribution in [0.1, 0.15) is 36.9 Å². The number of aryl methyl sites for hydroxylation is 2. The molecule has 1 heterocycles. The lowest BCUT2D eigenvalue weighted by atomic mass is 9.77. The topological polar surface area (TPSA) is 43.8 Å². The zero-order valence-corrected chi connectivity index (χ0v) is 9.63. The van der Waals surface area contributed by atoms with Crippen molar-refractivity contribution in [2.45, 2.75) is 44.1 Å². The van der Waals surface area contributed by atoms with E-state index < -0.39 is 11.5 Å². The lowest BCUT2D eigenvalue weighted by Gasteiger charge is -2.36. The normalized spacial score (nSPS) is 23.3. The quantitative estimate of drug-likeness (QED) is 0.801. The number of halogens is 2. The van der Waals surface area contributed by atoms with Crippen LogP contribution in [-0.2, 0) is 12.6 Å². The number of hydrogen-bond acceptors (Lipinski definition) is 2. The average molecular weight is 229 g/mol. The van der Waals surface area contributed by atoms with Crippen molar-refractivity contribution in [2.24, 2.45) is 12.8 Å². The number of aromatic nitrogens is 2. The lowest BCUT2D eigenvalue weighted by molar-refractivity contribution is -0.0520. The van der Waals surface area contributed by atoms with E-state index in [1.54, 1.807) is 4.68 Å². The Balaban J connectivity index is 2.24. The van der Waals surface area contributed by atoms with Crippen molar-refractivity contribution in [3.63, 3.8) is 0 Å². The van der Waals surface area contributed by atoms with Gasteiger partial charge in [-0.15, -0.1) is 0 Å². The molecular formula is C11H17F2N3. The van der Waals surface area contributed by atoms with E-state index in [1.807, 2.05) is 20.2 Å². The summed E-state index contributed by atoms with van der Waals surface area (Å²) in [6.07, 6.45) is 2.20. The summed E-state index contributed by atoms with van der Waals surface area (Å²) in [5, 5.41) is 4.30. The Morgan fingerprint density at radius 1 is 1.31 bits per heavy atom. The third-order valence-corrected chi connectivity index (χ3v) is 3.36. The van der Waals surface area contributed by atoms with Gasteiger partial charge >= 0.3 is 0 Å². The Kier molecular flexibility index (Phi) is 2.53. The highest BCUT2D eigenvalue weighted by Gasteiger charge is 2.43. The molecular weight excluding hydrogens is 212 g/mol. The van der Waals surface area contributed by atoms with Crippen molar-refractivity contribution in [2.75, 3.05) is 0 Å². The summed E-state index contributed by atoms with van der Waals surface area (Å²) in [6.45, 7) is 1.92. The summed E-state index contributed by atoms with van der Waals surface area (Å²) < 4.78 is 27.9. The molecule has 1 fully saturated rings. The van der Waals surface area contributed by atoms with E-state index in [2.05, 4.69) is 5.10 Å². The van der Waals surface area contributed by atoms with Gasteiger partial charge in [0.25, 0.3) is 0 Å². The van der Waals surface area contributed by atoms with Gasteiger partial charge in [0.1, 0.15) is 0 Å². The largest absolute Gasteiger partial charge is 0.320 e. The van der Waals surface area contributed by atoms with Gasteiger partial charge in [0.05, 0.1) is 11.2 Å². The second-order valence-electron chi connectivity index (χ2n) is 4.85. The van der Waals surface area contributed by atoms with E-state index >= 15 is 0 Å². The summed E-state index contributed by atoms with van der Waals surface area (Å²) in [5.74, 6) is -2.55. The number of nitrogens with two attached hydrogens (primary N) is 1. The maximum Gasteiger partial charge on any atom is 0.248 e. The van der Waals surface area contributed by atoms with Crippen LogP contribution in [0, 0.1) is 6.92 Å². The van der Waals surface area contributed by atoms with E-state index in [1.165, 1.54) is 0 Å². The predicted octanol–water partition coefficient (Wildman–Crippen LogP) is 2.09. The molecule has 0 amide bonds. The Bertz CT molecular complexity index is 388. The zero-order valence-electron chi connectivity index (χ0n) is 9.63. The molecule has 1 aliphatic carbocycles. The maximum absolute atomic E-state index is 13.1. The highest BCUT2D eigenvalue weighted by Crippen LogP contribution is 2.42. The molecule has 1 aliphatic rings. The molecule has 1 aromatic rings. The number of alkyl halides is 2. The van der Waals surface area contributed by atoms with Gasteiger partial charge in [0.2, 0.25) is 5.92 Å². The predicted molar refractivity (Wildman–Crippen MR) is 57.2 cm³/mol. The molecule has 0 saturated heterocycles. The Hall–Kier alpha value is -0.970. The molecule has 0 aliphatic heterocycles. The Labute approximate surface area is 93.6 Å². The molecule has 90 valence electrons. The molecule has 1 aromatic heterocycles. The molecule has 0 atom stereocenters. The van der Waals surface area contributed by atoms with Crippen LogP contribution in [0.25, 0.3) is 0 Å². The zero-order chi connectivity index (χ0) is 12.0. The number of nitrogens with zero attached hydrogens (tertiary/aromatic N) is 2. The molecule has 0 spiro atoms. The van der Waals surface area contributed by atoms with Crippen LogP contribution in [0.3, 0.4) is 0 Å². The van der Waals surface area contributed by atoms with Crippen LogP contribution >= 0.6 is 0 Å². The van der Waals surface area contributed by atoms with E-state index in [4.69, 9.17) is 5.73 Å². The maximum atomic E-state index is 13.1. The van der Waals surface area contributed by atoms with Gasteiger partial charge in [0.15, 0.2) is 0 Å². The first-order chi connectivity index (χ1) is 7.32. The van der Waals surface area contributed by atoms with Gasteiger partial charge < -0.3 is 5.73 Å². The SMILES string of the molecule is Cc1cn(C)nc1C1(N)CCC(F)(F)CC1. The van der Waals surface area contributed by atoms with Crippen molar-refractivity contribution in [3.8, 4) is 0 Å². The van der Waals surface area contributed by atoms with Gasteiger partial charge in [0, 0.05) is 26.1 Å². The van der Waals surface area contributed by atoms with Crippen LogP contribution < -0.4 is 5.73 Å². The van der Waals surface area contributed by atoms with Crippen molar-refractivity contribution < 1.29 is 8.78 Å². The minimum Gasteiger partial charge on any atom is -0.320 e. The Morgan fingerprint density at radius 3 is 2.31 bits per heavy atom. The fourth-order valence-corrected chi connectivity index (χ4v) is 2.40. The van der Waals surface area contributed by atoms with Gasteiger partial charge in [-0.1, -0.05) is 0 Å². The molecule has 5 heteroatoms. The molecule has 1 saturated carbocycles. The smallest absolute Gasteiger partial charge is 0.248 e. The van der Waals surface area contributed by atoms with Crippen LogP contribution in [0.2, 0.25) is 0 Å². The average Bonchev–Trinajstić information content (AvgIpc) is 2.52. The van der Waals surface area contributed by atoms with E-state index in [9.17, 15) is 8.78 Å². The van der Waals surface area contributed by atoms with Crippen LogP contribution in [0.15, 0.2) is 6.20 Å². The fourth-order valence-electron chi connectivity index (χ4n) is 2.40. The minimum absolute atomic E-state index is 0.139. The summed E-state index contributed by atoms with van der Waals surface area (Å²) in [7, 11) is 1.82. The Morgan fingerprint density at radius 2 is 1.88 bits per heavy atom. The van der Waals surface area contributed by atoms with Crippen LogP contribution in [0.4, 0.5) is 8.78 Å². The van der Waals surface area contributed by atoms with Gasteiger partial charge in [-0.25, -0.2) is 8.78 Å². The second kappa shape index (κ2) is 3.52. The highest BCUT2D eigenvalue weighted by molar-refractivity contribution is 5.24. The van der Waals surface area contributed by atoms with Crippen molar-refractivity contribution >= 4 is 0 Å². The highest BCUT2D eigenvalue weighted by atomic mass is 19.3. The molecule has 2 rings (SSSR count). The van der Waals surface area contributed by atoms with Crippen molar-refractivity contribution in [1.82, 2.24) is 9.78 Å². The van der Waals surface area contributed by atoms with E-state index in [0.717, 1.165) is 11.3 Å². The summed E-state index contributed by atoms with van der Waals surface area (Å²) in [4.78, 5) is 0. The third-order valence-electron chi connectivity index (χ3n) is 3.36. The van der Waals surface area contributed by atoms with Gasteiger partial charge in [-0.3, -0.25) is 4.68 Å². The summed E-state index contributed by atoms with van der Waals surface area (Å²) in [6, 6.07) is 0. The standard InChI is InChI=1S/C11H17F2N3/c1-8-7-16(2)15-9(8)10(14)3-5-11(12,13)6-4-10/h7H,3-6,14H2,1-2H3. The minimum atomic E-state index is -2.55. The van der Waals surface area contributed by atoms with E-state index in [-0.39, 0.29) is 12.8 Å². The second-order valence-corrected chi connectivity index (χ2v) is 4.85. The third kappa shape index (κ3) is 1.96. The first-order valence-corrected chi connectivity index (χ1v) is 5.50.